The number of benzene rings is 1. The van der Waals surface area contributed by atoms with Crippen molar-refractivity contribution in [3.63, 3.8) is 0 Å². The van der Waals surface area contributed by atoms with Crippen LogP contribution in [0.15, 0.2) is 28.8 Å². The Bertz CT molecular complexity index is 886. The van der Waals surface area contributed by atoms with E-state index in [-0.39, 0.29) is 5.54 Å². The van der Waals surface area contributed by atoms with Gasteiger partial charge in [-0.3, -0.25) is 0 Å². The lowest BCUT2D eigenvalue weighted by molar-refractivity contribution is 0.306. The SMILES string of the molecule is Cc1cc(NC2(c3nnnn3-c3c(C)cccc3C)CCCCC2)no1. The van der Waals surface area contributed by atoms with Gasteiger partial charge in [0.1, 0.15) is 11.3 Å². The van der Waals surface area contributed by atoms with Crippen molar-refractivity contribution >= 4 is 5.82 Å². The van der Waals surface area contributed by atoms with Crippen LogP contribution in [0, 0.1) is 20.8 Å². The van der Waals surface area contributed by atoms with Gasteiger partial charge in [0.2, 0.25) is 0 Å². The van der Waals surface area contributed by atoms with Gasteiger partial charge in [0, 0.05) is 6.07 Å². The second-order valence-electron chi connectivity index (χ2n) is 7.25. The Kier molecular flexibility index (Phi) is 4.22. The molecule has 26 heavy (non-hydrogen) atoms. The number of hydrogen-bond donors (Lipinski definition) is 1. The van der Waals surface area contributed by atoms with E-state index in [2.05, 4.69) is 58.0 Å². The highest BCUT2D eigenvalue weighted by Gasteiger charge is 2.40. The average Bonchev–Trinajstić information content (AvgIpc) is 3.25. The smallest absolute Gasteiger partial charge is 0.182 e. The van der Waals surface area contributed by atoms with E-state index in [0.29, 0.717) is 0 Å². The van der Waals surface area contributed by atoms with Crippen LogP contribution in [0.4, 0.5) is 5.82 Å². The molecule has 136 valence electrons. The van der Waals surface area contributed by atoms with Crippen LogP contribution >= 0.6 is 0 Å². The zero-order chi connectivity index (χ0) is 18.1. The van der Waals surface area contributed by atoms with E-state index in [4.69, 9.17) is 4.52 Å². The Labute approximate surface area is 152 Å². The predicted octanol–water partition coefficient (Wildman–Crippen LogP) is 3.85. The normalized spacial score (nSPS) is 16.6. The number of anilines is 1. The van der Waals surface area contributed by atoms with Crippen molar-refractivity contribution in [1.29, 1.82) is 0 Å². The molecule has 0 unspecified atom stereocenters. The van der Waals surface area contributed by atoms with Crippen LogP contribution in [0.2, 0.25) is 0 Å². The van der Waals surface area contributed by atoms with E-state index in [1.165, 1.54) is 6.42 Å². The molecule has 1 aromatic carbocycles. The summed E-state index contributed by atoms with van der Waals surface area (Å²) in [7, 11) is 0. The van der Waals surface area contributed by atoms with Crippen LogP contribution < -0.4 is 5.32 Å². The van der Waals surface area contributed by atoms with E-state index in [1.807, 2.05) is 17.7 Å². The fraction of sp³-hybridized carbons (Fsp3) is 0.474. The highest BCUT2D eigenvalue weighted by molar-refractivity contribution is 5.48. The van der Waals surface area contributed by atoms with Crippen LogP contribution in [-0.2, 0) is 5.54 Å². The third-order valence-corrected chi connectivity index (χ3v) is 5.25. The summed E-state index contributed by atoms with van der Waals surface area (Å²) in [6, 6.07) is 8.17. The zero-order valence-electron chi connectivity index (χ0n) is 15.5. The van der Waals surface area contributed by atoms with Crippen molar-refractivity contribution in [3.8, 4) is 5.69 Å². The Hall–Kier alpha value is -2.70. The van der Waals surface area contributed by atoms with Gasteiger partial charge >= 0.3 is 0 Å². The largest absolute Gasteiger partial charge is 0.360 e. The minimum absolute atomic E-state index is 0.347. The maximum atomic E-state index is 5.25. The van der Waals surface area contributed by atoms with Gasteiger partial charge in [0.25, 0.3) is 0 Å². The van der Waals surface area contributed by atoms with Crippen molar-refractivity contribution in [2.45, 2.75) is 58.4 Å². The summed E-state index contributed by atoms with van der Waals surface area (Å²) in [5.41, 5.74) is 3.01. The molecule has 2 heterocycles. The molecule has 7 heteroatoms. The highest BCUT2D eigenvalue weighted by Crippen LogP contribution is 2.40. The summed E-state index contributed by atoms with van der Waals surface area (Å²) in [5.74, 6) is 2.36. The van der Waals surface area contributed by atoms with Crippen LogP contribution in [0.1, 0.15) is 54.8 Å². The summed E-state index contributed by atoms with van der Waals surface area (Å²) in [6.45, 7) is 6.08. The van der Waals surface area contributed by atoms with Crippen molar-refractivity contribution < 1.29 is 4.52 Å². The lowest BCUT2D eigenvalue weighted by atomic mass is 9.80. The third kappa shape index (κ3) is 2.87. The fourth-order valence-electron chi connectivity index (χ4n) is 4.01. The zero-order valence-corrected chi connectivity index (χ0v) is 15.5. The summed E-state index contributed by atoms with van der Waals surface area (Å²) in [4.78, 5) is 0. The standard InChI is InChI=1S/C19H24N6O/c1-13-8-7-9-14(2)17(13)25-18(21-23-24-25)19(10-5-4-6-11-19)20-16-12-15(3)26-22-16/h7-9,12H,4-6,10-11H2,1-3H3,(H,20,22). The Balaban J connectivity index is 1.82. The van der Waals surface area contributed by atoms with E-state index in [1.54, 1.807) is 0 Å². The molecule has 0 radical (unpaired) electrons. The molecule has 1 aliphatic rings. The Morgan fingerprint density at radius 3 is 2.46 bits per heavy atom. The van der Waals surface area contributed by atoms with Gasteiger partial charge in [-0.15, -0.1) is 5.10 Å². The van der Waals surface area contributed by atoms with Crippen LogP contribution in [-0.4, -0.2) is 25.4 Å². The number of rotatable bonds is 4. The van der Waals surface area contributed by atoms with Gasteiger partial charge in [0.15, 0.2) is 11.6 Å². The van der Waals surface area contributed by atoms with Crippen molar-refractivity contribution in [2.24, 2.45) is 0 Å². The predicted molar refractivity (Wildman–Crippen MR) is 98.3 cm³/mol. The molecule has 1 saturated carbocycles. The van der Waals surface area contributed by atoms with Crippen molar-refractivity contribution in [3.05, 3.63) is 47.0 Å². The summed E-state index contributed by atoms with van der Waals surface area (Å²) in [5, 5.41) is 20.6. The fourth-order valence-corrected chi connectivity index (χ4v) is 4.01. The second kappa shape index (κ2) is 6.55. The quantitative estimate of drug-likeness (QED) is 0.768. The molecular weight excluding hydrogens is 328 g/mol. The molecule has 3 aromatic rings. The summed E-state index contributed by atoms with van der Waals surface area (Å²) >= 11 is 0. The molecule has 1 N–H and O–H groups in total. The second-order valence-corrected chi connectivity index (χ2v) is 7.25. The molecule has 2 aromatic heterocycles. The summed E-state index contributed by atoms with van der Waals surface area (Å²) < 4.78 is 7.15. The number of aryl methyl sites for hydroxylation is 3. The number of aromatic nitrogens is 5. The van der Waals surface area contributed by atoms with E-state index < -0.39 is 0 Å². The Morgan fingerprint density at radius 1 is 1.08 bits per heavy atom. The number of hydrogen-bond acceptors (Lipinski definition) is 6. The first-order valence-corrected chi connectivity index (χ1v) is 9.16. The third-order valence-electron chi connectivity index (χ3n) is 5.25. The average molecular weight is 352 g/mol. The van der Waals surface area contributed by atoms with Crippen molar-refractivity contribution in [1.82, 2.24) is 25.4 Å². The molecule has 0 aliphatic heterocycles. The molecule has 4 rings (SSSR count). The van der Waals surface area contributed by atoms with Crippen molar-refractivity contribution in [2.75, 3.05) is 5.32 Å². The maximum Gasteiger partial charge on any atom is 0.182 e. The lowest BCUT2D eigenvalue weighted by Gasteiger charge is -2.36. The minimum Gasteiger partial charge on any atom is -0.360 e. The Morgan fingerprint density at radius 2 is 1.81 bits per heavy atom. The minimum atomic E-state index is -0.347. The number of nitrogens with one attached hydrogen (secondary N) is 1. The van der Waals surface area contributed by atoms with Gasteiger partial charge in [-0.1, -0.05) is 42.6 Å². The van der Waals surface area contributed by atoms with Gasteiger partial charge in [-0.05, 0) is 55.2 Å². The number of para-hydroxylation sites is 1. The monoisotopic (exact) mass is 352 g/mol. The molecule has 1 aliphatic carbocycles. The van der Waals surface area contributed by atoms with E-state index >= 15 is 0 Å². The molecule has 0 amide bonds. The summed E-state index contributed by atoms with van der Waals surface area (Å²) in [6.07, 6.45) is 5.41. The first-order valence-electron chi connectivity index (χ1n) is 9.16. The van der Waals surface area contributed by atoms with E-state index in [9.17, 15) is 0 Å². The maximum absolute atomic E-state index is 5.25. The molecule has 0 spiro atoms. The molecule has 0 atom stereocenters. The van der Waals surface area contributed by atoms with Crippen LogP contribution in [0.5, 0.6) is 0 Å². The molecule has 7 nitrogen and oxygen atoms in total. The van der Waals surface area contributed by atoms with Gasteiger partial charge in [-0.25, -0.2) is 0 Å². The first-order chi connectivity index (χ1) is 12.6. The van der Waals surface area contributed by atoms with Gasteiger partial charge in [-0.2, -0.15) is 4.68 Å². The highest BCUT2D eigenvalue weighted by atomic mass is 16.5. The van der Waals surface area contributed by atoms with Crippen LogP contribution in [0.3, 0.4) is 0 Å². The van der Waals surface area contributed by atoms with Gasteiger partial charge < -0.3 is 9.84 Å². The lowest BCUT2D eigenvalue weighted by Crippen LogP contribution is -2.40. The number of tetrazole rings is 1. The topological polar surface area (TPSA) is 81.7 Å². The van der Waals surface area contributed by atoms with Crippen LogP contribution in [0.25, 0.3) is 5.69 Å². The first kappa shape index (κ1) is 16.8. The van der Waals surface area contributed by atoms with Gasteiger partial charge in [0.05, 0.1) is 5.69 Å². The molecule has 1 fully saturated rings. The molecular formula is C19H24N6O. The van der Waals surface area contributed by atoms with E-state index in [0.717, 1.165) is 59.9 Å². The molecule has 0 saturated heterocycles. The number of nitrogens with zero attached hydrogens (tertiary/aromatic N) is 5. The molecule has 0 bridgehead atoms.